The van der Waals surface area contributed by atoms with Crippen molar-refractivity contribution < 1.29 is 4.79 Å². The summed E-state index contributed by atoms with van der Waals surface area (Å²) in [7, 11) is 0. The Labute approximate surface area is 108 Å². The first-order chi connectivity index (χ1) is 8.14. The molecule has 3 N–H and O–H groups in total. The third kappa shape index (κ3) is 2.70. The van der Waals surface area contributed by atoms with E-state index in [1.165, 1.54) is 6.42 Å². The summed E-state index contributed by atoms with van der Waals surface area (Å²) in [6, 6.07) is 0.0113. The van der Waals surface area contributed by atoms with E-state index in [-0.39, 0.29) is 6.03 Å². The van der Waals surface area contributed by atoms with Crippen molar-refractivity contribution in [3.63, 3.8) is 0 Å². The van der Waals surface area contributed by atoms with Gasteiger partial charge in [0, 0.05) is 13.1 Å². The molecular weight excluding hydrogens is 234 g/mol. The van der Waals surface area contributed by atoms with Crippen LogP contribution in [-0.2, 0) is 0 Å². The zero-order valence-electron chi connectivity index (χ0n) is 10.2. The Bertz CT molecular complexity index is 307. The highest BCUT2D eigenvalue weighted by molar-refractivity contribution is 7.80. The molecule has 0 aromatic heterocycles. The summed E-state index contributed by atoms with van der Waals surface area (Å²) in [4.78, 5) is 14.4. The predicted molar refractivity (Wildman–Crippen MR) is 71.9 cm³/mol. The number of amides is 2. The number of carbonyl (C=O) groups excluding carboxylic acids is 1. The first kappa shape index (κ1) is 12.6. The number of nitrogens with zero attached hydrogens (tertiary/aromatic N) is 1. The van der Waals surface area contributed by atoms with Crippen LogP contribution < -0.4 is 11.1 Å². The zero-order chi connectivity index (χ0) is 12.3. The van der Waals surface area contributed by atoms with E-state index in [2.05, 4.69) is 5.32 Å². The number of hydrogen-bond donors (Lipinski definition) is 2. The third-order valence-electron chi connectivity index (χ3n) is 3.92. The fraction of sp³-hybridized carbons (Fsp3) is 0.833. The van der Waals surface area contributed by atoms with Crippen LogP contribution in [0.1, 0.15) is 44.9 Å². The smallest absolute Gasteiger partial charge is 0.318 e. The number of likely N-dealkylation sites (tertiary alicyclic amines) is 1. The molecule has 1 saturated carbocycles. The van der Waals surface area contributed by atoms with Gasteiger partial charge in [-0.05, 0) is 25.7 Å². The molecule has 2 amide bonds. The minimum atomic E-state index is -0.423. The van der Waals surface area contributed by atoms with Crippen LogP contribution in [0.4, 0.5) is 4.79 Å². The van der Waals surface area contributed by atoms with Gasteiger partial charge < -0.3 is 16.0 Å². The van der Waals surface area contributed by atoms with E-state index in [0.717, 1.165) is 51.6 Å². The molecule has 2 fully saturated rings. The highest BCUT2D eigenvalue weighted by Gasteiger charge is 2.37. The molecule has 0 aromatic carbocycles. The lowest BCUT2D eigenvalue weighted by molar-refractivity contribution is 0.193. The van der Waals surface area contributed by atoms with Gasteiger partial charge in [-0.2, -0.15) is 0 Å². The van der Waals surface area contributed by atoms with E-state index in [1.54, 1.807) is 0 Å². The van der Waals surface area contributed by atoms with Crippen LogP contribution >= 0.6 is 12.2 Å². The highest BCUT2D eigenvalue weighted by Crippen LogP contribution is 2.29. The molecule has 0 bridgehead atoms. The number of rotatable bonds is 2. The van der Waals surface area contributed by atoms with E-state index < -0.39 is 5.54 Å². The van der Waals surface area contributed by atoms with Gasteiger partial charge in [-0.25, -0.2) is 4.79 Å². The van der Waals surface area contributed by atoms with Gasteiger partial charge in [-0.3, -0.25) is 0 Å². The maximum absolute atomic E-state index is 12.1. The molecule has 1 heterocycles. The van der Waals surface area contributed by atoms with Crippen molar-refractivity contribution in [1.29, 1.82) is 0 Å². The van der Waals surface area contributed by atoms with Crippen LogP contribution in [0.25, 0.3) is 0 Å². The van der Waals surface area contributed by atoms with E-state index in [0.29, 0.717) is 4.99 Å². The summed E-state index contributed by atoms with van der Waals surface area (Å²) >= 11 is 5.17. The first-order valence-electron chi connectivity index (χ1n) is 6.51. The summed E-state index contributed by atoms with van der Waals surface area (Å²) in [5.41, 5.74) is 5.42. The molecule has 0 atom stereocenters. The molecular formula is C12H21N3OS. The van der Waals surface area contributed by atoms with Crippen LogP contribution in [0.15, 0.2) is 0 Å². The Hall–Kier alpha value is -0.840. The number of carbonyl (C=O) groups is 1. The Morgan fingerprint density at radius 2 is 1.71 bits per heavy atom. The number of urea groups is 1. The minimum Gasteiger partial charge on any atom is -0.391 e. The fourth-order valence-corrected chi connectivity index (χ4v) is 3.05. The van der Waals surface area contributed by atoms with Gasteiger partial charge in [0.2, 0.25) is 0 Å². The van der Waals surface area contributed by atoms with Crippen LogP contribution in [0.2, 0.25) is 0 Å². The van der Waals surface area contributed by atoms with Crippen molar-refractivity contribution in [2.45, 2.75) is 50.5 Å². The molecule has 2 aliphatic rings. The normalized spacial score (nSPS) is 23.4. The van der Waals surface area contributed by atoms with Crippen molar-refractivity contribution in [2.75, 3.05) is 13.1 Å². The van der Waals surface area contributed by atoms with Gasteiger partial charge >= 0.3 is 6.03 Å². The molecule has 17 heavy (non-hydrogen) atoms. The second-order valence-corrected chi connectivity index (χ2v) is 5.57. The highest BCUT2D eigenvalue weighted by atomic mass is 32.1. The Kier molecular flexibility index (Phi) is 3.86. The molecule has 0 unspecified atom stereocenters. The van der Waals surface area contributed by atoms with Crippen LogP contribution in [0.3, 0.4) is 0 Å². The molecule has 1 saturated heterocycles. The Morgan fingerprint density at radius 3 is 2.24 bits per heavy atom. The SMILES string of the molecule is NC(=S)C1(NC(=O)N2CCCC2)CCCCC1. The van der Waals surface area contributed by atoms with Crippen LogP contribution in [0.5, 0.6) is 0 Å². The number of nitrogens with two attached hydrogens (primary N) is 1. The van der Waals surface area contributed by atoms with Crippen molar-refractivity contribution in [3.05, 3.63) is 0 Å². The van der Waals surface area contributed by atoms with Gasteiger partial charge in [0.1, 0.15) is 0 Å². The van der Waals surface area contributed by atoms with Crippen LogP contribution in [0, 0.1) is 0 Å². The summed E-state index contributed by atoms with van der Waals surface area (Å²) < 4.78 is 0. The standard InChI is InChI=1S/C12H21N3OS/c13-10(17)12(6-2-1-3-7-12)14-11(16)15-8-4-5-9-15/h1-9H2,(H2,13,17)(H,14,16). The summed E-state index contributed by atoms with van der Waals surface area (Å²) in [5.74, 6) is 0. The second-order valence-electron chi connectivity index (χ2n) is 5.13. The number of thiocarbonyl (C=S) groups is 1. The zero-order valence-corrected chi connectivity index (χ0v) is 11.0. The number of hydrogen-bond acceptors (Lipinski definition) is 2. The molecule has 0 spiro atoms. The topological polar surface area (TPSA) is 58.4 Å². The molecule has 1 aliphatic heterocycles. The van der Waals surface area contributed by atoms with E-state index in [1.807, 2.05) is 4.90 Å². The Balaban J connectivity index is 2.01. The first-order valence-corrected chi connectivity index (χ1v) is 6.92. The van der Waals surface area contributed by atoms with Gasteiger partial charge in [0.05, 0.1) is 10.5 Å². The van der Waals surface area contributed by atoms with Crippen molar-refractivity contribution in [2.24, 2.45) is 5.73 Å². The van der Waals surface area contributed by atoms with Crippen molar-refractivity contribution in [3.8, 4) is 0 Å². The molecule has 0 radical (unpaired) electrons. The average Bonchev–Trinajstić information content (AvgIpc) is 2.83. The fourth-order valence-electron chi connectivity index (χ4n) is 2.79. The molecule has 96 valence electrons. The van der Waals surface area contributed by atoms with E-state index in [9.17, 15) is 4.79 Å². The van der Waals surface area contributed by atoms with Crippen molar-refractivity contribution in [1.82, 2.24) is 10.2 Å². The number of nitrogens with one attached hydrogen (secondary N) is 1. The molecule has 4 nitrogen and oxygen atoms in total. The second kappa shape index (κ2) is 5.21. The largest absolute Gasteiger partial charge is 0.391 e. The molecule has 0 aromatic rings. The van der Waals surface area contributed by atoms with Gasteiger partial charge in [0.25, 0.3) is 0 Å². The maximum atomic E-state index is 12.1. The lowest BCUT2D eigenvalue weighted by Crippen LogP contribution is -2.60. The minimum absolute atomic E-state index is 0.0113. The maximum Gasteiger partial charge on any atom is 0.318 e. The van der Waals surface area contributed by atoms with Gasteiger partial charge in [-0.15, -0.1) is 0 Å². The molecule has 1 aliphatic carbocycles. The lowest BCUT2D eigenvalue weighted by Gasteiger charge is -2.38. The van der Waals surface area contributed by atoms with E-state index in [4.69, 9.17) is 18.0 Å². The van der Waals surface area contributed by atoms with Gasteiger partial charge in [0.15, 0.2) is 0 Å². The summed E-state index contributed by atoms with van der Waals surface area (Å²) in [5, 5.41) is 3.09. The van der Waals surface area contributed by atoms with Crippen LogP contribution in [-0.4, -0.2) is 34.5 Å². The average molecular weight is 255 g/mol. The quantitative estimate of drug-likeness (QED) is 0.740. The Morgan fingerprint density at radius 1 is 1.12 bits per heavy atom. The lowest BCUT2D eigenvalue weighted by atomic mass is 9.81. The monoisotopic (exact) mass is 255 g/mol. The summed E-state index contributed by atoms with van der Waals surface area (Å²) in [6.07, 6.45) is 7.39. The van der Waals surface area contributed by atoms with Gasteiger partial charge in [-0.1, -0.05) is 31.5 Å². The van der Waals surface area contributed by atoms with Crippen molar-refractivity contribution >= 4 is 23.2 Å². The predicted octanol–water partition coefficient (Wildman–Crippen LogP) is 1.78. The van der Waals surface area contributed by atoms with E-state index >= 15 is 0 Å². The summed E-state index contributed by atoms with van der Waals surface area (Å²) in [6.45, 7) is 1.72. The molecule has 5 heteroatoms. The third-order valence-corrected chi connectivity index (χ3v) is 4.31. The molecule has 2 rings (SSSR count).